The van der Waals surface area contributed by atoms with E-state index in [1.54, 1.807) is 36.4 Å². The second-order valence-corrected chi connectivity index (χ2v) is 30.1. The number of rotatable bonds is 31. The molecule has 0 unspecified atom stereocenters. The summed E-state index contributed by atoms with van der Waals surface area (Å²) in [5.74, 6) is -4.71. The molecule has 5 aromatic heterocycles. The molecule has 0 spiro atoms. The molecular formula is C103H98N4O36. The molecule has 0 amide bonds. The summed E-state index contributed by atoms with van der Waals surface area (Å²) >= 11 is 0. The molecule has 0 aliphatic rings. The maximum absolute atomic E-state index is 13.0. The topological polar surface area (TPSA) is 672 Å². The number of aliphatic carboxylic acids is 4. The van der Waals surface area contributed by atoms with Crippen LogP contribution in [0.3, 0.4) is 0 Å². The van der Waals surface area contributed by atoms with Gasteiger partial charge in [0, 0.05) is 31.7 Å². The van der Waals surface area contributed by atoms with E-state index in [-0.39, 0.29) is 240 Å². The van der Waals surface area contributed by atoms with Crippen LogP contribution in [0.5, 0.6) is 69.0 Å². The number of phenols is 10. The fraction of sp³-hybridized carbons (Fsp3) is 0.175. The third-order valence-electron chi connectivity index (χ3n) is 20.6. The van der Waals surface area contributed by atoms with Crippen LogP contribution in [0.2, 0.25) is 0 Å². The van der Waals surface area contributed by atoms with E-state index in [4.69, 9.17) is 61.6 Å². The molecule has 746 valence electrons. The number of benzene rings is 10. The molecule has 143 heavy (non-hydrogen) atoms. The van der Waals surface area contributed by atoms with E-state index < -0.39 is 58.9 Å². The van der Waals surface area contributed by atoms with Crippen molar-refractivity contribution in [2.75, 3.05) is 35.5 Å². The van der Waals surface area contributed by atoms with Crippen molar-refractivity contribution in [2.45, 2.75) is 104 Å². The van der Waals surface area contributed by atoms with E-state index in [1.165, 1.54) is 199 Å². The number of carboxylic acids is 4. The normalized spacial score (nSPS) is 11.2. The van der Waals surface area contributed by atoms with Crippen molar-refractivity contribution in [3.8, 4) is 125 Å². The molecule has 40 nitrogen and oxygen atoms in total. The first-order valence-corrected chi connectivity index (χ1v) is 42.0. The SMILES string of the molecule is C.C.CC=O.CC=O.COc1cc(-c2coc3c(N[C@@H](C=O)CCC(=O)O)c(O)ccc3c2=O)ccc1O.COc1cc(-c2coc3c(N[C@@H](C=O)CCC(=O)O)c(O)ccc3c2=O)ccc1O.O=C[C@@H](CCC(=O)O)Nc1c(O)ccc2c(=O)c(-c3ccc(O)cc3)coc12.O=C[C@@H](CCC(=O)O)Nc1c(O)ccc2c(=O)c(-c3ccc(O)cc3)coc12.O=c1c(-c2ccc(O)cc2)coc2cc(O)ccc12. The molecule has 15 rings (SSSR count). The Morgan fingerprint density at radius 3 is 0.741 bits per heavy atom. The predicted octanol–water partition coefficient (Wildman–Crippen LogP) is 15.4. The summed E-state index contributed by atoms with van der Waals surface area (Å²) in [5.41, 5.74) is 2.92. The number of aldehydes is 6. The molecule has 10 aromatic carbocycles. The standard InChI is InChI=1S/2C21H19NO8.2C20H17NO7.C15H10O4.2C2H4O.2CH4/c2*1-29-17-8-11(2-5-15(17)24)14-10-30-21-13(20(14)28)4-6-16(25)19(21)22-12(9-23)3-7-18(26)27;2*22-9-12(3-8-17(25)26)21-18-16(24)7-6-14-19(27)15(10-28-20(14)18)11-1-4-13(23)5-2-11;16-10-3-1-9(2-4-10)13-8-19-14-7-11(17)5-6-12(14)15(13)18;2*1-2-3;;/h2*2,4-6,8-10,12,22,24-25H,3,7H2,1H3,(H,26,27);2*1-2,4-7,9-10,12,21,23-24H,3,8H2,(H,25,26);1-8,16-17H;2*2H,1H3;2*1H4/t4*12-;;;;;/m1111...../s1. The highest BCUT2D eigenvalue weighted by atomic mass is 16.5. The van der Waals surface area contributed by atoms with Crippen LogP contribution in [0.1, 0.15) is 80.1 Å². The monoisotopic (exact) mass is 1970 g/mol. The number of phenolic OH excluding ortho intramolecular Hbond substituents is 10. The van der Waals surface area contributed by atoms with Gasteiger partial charge in [0.15, 0.2) is 50.8 Å². The first-order chi connectivity index (χ1) is 67.5. The summed E-state index contributed by atoms with van der Waals surface area (Å²) in [5, 5.41) is 145. The lowest BCUT2D eigenvalue weighted by Gasteiger charge is -2.16. The lowest BCUT2D eigenvalue weighted by molar-refractivity contribution is -0.138. The number of carbonyl (C=O) groups excluding carboxylic acids is 6. The fourth-order valence-corrected chi connectivity index (χ4v) is 13.6. The van der Waals surface area contributed by atoms with Crippen LogP contribution in [-0.2, 0) is 47.9 Å². The van der Waals surface area contributed by atoms with Crippen molar-refractivity contribution in [3.05, 3.63) is 258 Å². The van der Waals surface area contributed by atoms with Gasteiger partial charge in [0.05, 0.1) is 93.1 Å². The highest BCUT2D eigenvalue weighted by Gasteiger charge is 2.26. The van der Waals surface area contributed by atoms with Gasteiger partial charge < -0.3 is 153 Å². The van der Waals surface area contributed by atoms with Gasteiger partial charge in [-0.05, 0) is 189 Å². The van der Waals surface area contributed by atoms with E-state index in [2.05, 4.69) is 21.3 Å². The Balaban J connectivity index is 0.000000240. The molecule has 0 aliphatic carbocycles. The molecule has 18 N–H and O–H groups in total. The highest BCUT2D eigenvalue weighted by molar-refractivity contribution is 5.99. The van der Waals surface area contributed by atoms with Crippen LogP contribution < -0.4 is 57.9 Å². The number of carboxylic acid groups (broad SMARTS) is 4. The summed E-state index contributed by atoms with van der Waals surface area (Å²) < 4.78 is 37.9. The zero-order valence-corrected chi connectivity index (χ0v) is 74.8. The van der Waals surface area contributed by atoms with Crippen LogP contribution >= 0.6 is 0 Å². The second kappa shape index (κ2) is 52.3. The molecule has 5 heterocycles. The van der Waals surface area contributed by atoms with E-state index in [0.29, 0.717) is 69.5 Å². The van der Waals surface area contributed by atoms with Gasteiger partial charge >= 0.3 is 23.9 Å². The Hall–Kier alpha value is -19.0. The molecular weight excluding hydrogens is 1870 g/mol. The van der Waals surface area contributed by atoms with Gasteiger partial charge in [0.2, 0.25) is 21.7 Å². The van der Waals surface area contributed by atoms with Gasteiger partial charge in [-0.25, -0.2) is 0 Å². The molecule has 15 aromatic rings. The van der Waals surface area contributed by atoms with Gasteiger partial charge in [-0.3, -0.25) is 43.2 Å². The lowest BCUT2D eigenvalue weighted by atomic mass is 10.0. The number of anilines is 4. The minimum Gasteiger partial charge on any atom is -0.508 e. The summed E-state index contributed by atoms with van der Waals surface area (Å²) in [4.78, 5) is 170. The lowest BCUT2D eigenvalue weighted by Crippen LogP contribution is -2.22. The summed E-state index contributed by atoms with van der Waals surface area (Å²) in [6.07, 6.45) is 8.85. The third kappa shape index (κ3) is 28.6. The number of nitrogens with one attached hydrogen (secondary N) is 4. The molecule has 0 bridgehead atoms. The largest absolute Gasteiger partial charge is 0.508 e. The maximum Gasteiger partial charge on any atom is 0.303 e. The summed E-state index contributed by atoms with van der Waals surface area (Å²) in [6, 6.07) is 38.7. The predicted molar refractivity (Wildman–Crippen MR) is 528 cm³/mol. The maximum atomic E-state index is 13.0. The van der Waals surface area contributed by atoms with Crippen LogP contribution in [0.25, 0.3) is 110 Å². The van der Waals surface area contributed by atoms with Crippen LogP contribution in [0.4, 0.5) is 22.7 Å². The number of fused-ring (bicyclic) bond motifs is 5. The van der Waals surface area contributed by atoms with E-state index in [0.717, 1.165) is 12.6 Å². The Kier molecular flexibility index (Phi) is 40.6. The summed E-state index contributed by atoms with van der Waals surface area (Å²) in [7, 11) is 2.77. The molecule has 0 fully saturated rings. The molecule has 0 saturated heterocycles. The van der Waals surface area contributed by atoms with Crippen LogP contribution in [0.15, 0.2) is 253 Å². The first-order valence-electron chi connectivity index (χ1n) is 42.0. The summed E-state index contributed by atoms with van der Waals surface area (Å²) in [6.45, 7) is 2.89. The molecule has 4 atom stereocenters. The fourth-order valence-electron chi connectivity index (χ4n) is 13.6. The number of methoxy groups -OCH3 is 2. The molecule has 0 radical (unpaired) electrons. The first kappa shape index (κ1) is 111. The van der Waals surface area contributed by atoms with Crippen molar-refractivity contribution in [1.29, 1.82) is 0 Å². The zero-order chi connectivity index (χ0) is 103. The number of ether oxygens (including phenoxy) is 2. The van der Waals surface area contributed by atoms with Gasteiger partial charge in [-0.1, -0.05) is 63.4 Å². The van der Waals surface area contributed by atoms with Crippen molar-refractivity contribution in [1.82, 2.24) is 0 Å². The third-order valence-corrected chi connectivity index (χ3v) is 20.6. The van der Waals surface area contributed by atoms with Crippen molar-refractivity contribution < 1.29 is 151 Å². The van der Waals surface area contributed by atoms with Crippen LogP contribution in [-0.4, -0.2) is 171 Å². The Labute approximate surface area is 809 Å². The minimum absolute atomic E-state index is 0. The Morgan fingerprint density at radius 2 is 0.503 bits per heavy atom. The minimum atomic E-state index is -1.06. The van der Waals surface area contributed by atoms with Crippen molar-refractivity contribution in [3.63, 3.8) is 0 Å². The van der Waals surface area contributed by atoms with Gasteiger partial charge in [0.25, 0.3) is 0 Å². The molecule has 0 saturated carbocycles. The van der Waals surface area contributed by atoms with Gasteiger partial charge in [-0.2, -0.15) is 0 Å². The van der Waals surface area contributed by atoms with Crippen LogP contribution in [0, 0.1) is 0 Å². The smallest absolute Gasteiger partial charge is 0.303 e. The van der Waals surface area contributed by atoms with Crippen molar-refractivity contribution in [2.24, 2.45) is 0 Å². The molecule has 0 aliphatic heterocycles. The Morgan fingerprint density at radius 1 is 0.294 bits per heavy atom. The van der Waals surface area contributed by atoms with Gasteiger partial charge in [0.1, 0.15) is 143 Å². The van der Waals surface area contributed by atoms with Crippen molar-refractivity contribution >= 4 is 139 Å². The van der Waals surface area contributed by atoms with E-state index in [9.17, 15) is 113 Å². The quantitative estimate of drug-likeness (QED) is 0.0142. The molecule has 40 heteroatoms. The number of aromatic hydroxyl groups is 10. The number of hydrogen-bond donors (Lipinski definition) is 18. The van der Waals surface area contributed by atoms with Gasteiger partial charge in [-0.15, -0.1) is 0 Å². The second-order valence-electron chi connectivity index (χ2n) is 30.1. The number of hydrogen-bond acceptors (Lipinski definition) is 36. The Bertz CT molecular complexity index is 7070. The average molecular weight is 1970 g/mol. The van der Waals surface area contributed by atoms with E-state index >= 15 is 0 Å². The highest BCUT2D eigenvalue weighted by Crippen LogP contribution is 2.41. The average Bonchev–Trinajstić information content (AvgIpc) is 0.738. The van der Waals surface area contributed by atoms with E-state index in [1.807, 2.05) is 0 Å². The number of carbonyl (C=O) groups is 10. The zero-order valence-electron chi connectivity index (χ0n) is 74.8.